The largest absolute Gasteiger partial charge is 0.390 e. The molecule has 1 aliphatic carbocycles. The molecule has 1 atom stereocenters. The minimum absolute atomic E-state index is 0.177. The lowest BCUT2D eigenvalue weighted by Crippen LogP contribution is -2.35. The first-order valence-electron chi connectivity index (χ1n) is 14.4. The molecule has 0 saturated carbocycles. The maximum absolute atomic E-state index is 10.2. The van der Waals surface area contributed by atoms with Gasteiger partial charge in [-0.05, 0) is 108 Å². The molecule has 0 radical (unpaired) electrons. The molecule has 0 heterocycles. The van der Waals surface area contributed by atoms with Crippen molar-refractivity contribution < 1.29 is 5.11 Å². The van der Waals surface area contributed by atoms with Crippen molar-refractivity contribution in [2.45, 2.75) is 84.7 Å². The van der Waals surface area contributed by atoms with E-state index in [9.17, 15) is 5.11 Å². The minimum Gasteiger partial charge on any atom is -0.390 e. The summed E-state index contributed by atoms with van der Waals surface area (Å²) in [7, 11) is 0. The second-order valence-electron chi connectivity index (χ2n) is 13.4. The second kappa shape index (κ2) is 10.0. The van der Waals surface area contributed by atoms with Crippen LogP contribution in [0.5, 0.6) is 0 Å². The normalized spacial score (nSPS) is 15.3. The van der Waals surface area contributed by atoms with Crippen LogP contribution >= 0.6 is 0 Å². The summed E-state index contributed by atoms with van der Waals surface area (Å²) < 4.78 is 0. The fourth-order valence-electron chi connectivity index (χ4n) is 6.79. The Morgan fingerprint density at radius 2 is 1.37 bits per heavy atom. The SMILES string of the molecule is CC(CCC(C)(C)C)C1(c2ccc3c(CCCC(C)(C)O)cccc3c2)c2ccccc2-c2ccccc21. The predicted octanol–water partition coefficient (Wildman–Crippen LogP) is 9.71. The lowest BCUT2D eigenvalue weighted by Gasteiger charge is -2.40. The van der Waals surface area contributed by atoms with E-state index in [0.29, 0.717) is 11.3 Å². The summed E-state index contributed by atoms with van der Waals surface area (Å²) in [5.41, 5.74) is 7.94. The zero-order valence-corrected chi connectivity index (χ0v) is 24.1. The van der Waals surface area contributed by atoms with Crippen LogP contribution in [-0.4, -0.2) is 10.7 Å². The highest BCUT2D eigenvalue weighted by molar-refractivity contribution is 5.89. The molecule has 4 aromatic rings. The van der Waals surface area contributed by atoms with Crippen molar-refractivity contribution in [2.75, 3.05) is 0 Å². The molecule has 5 rings (SSSR count). The fourth-order valence-corrected chi connectivity index (χ4v) is 6.79. The van der Waals surface area contributed by atoms with Crippen molar-refractivity contribution in [1.82, 2.24) is 0 Å². The first kappa shape index (κ1) is 26.7. The van der Waals surface area contributed by atoms with Gasteiger partial charge in [0.05, 0.1) is 5.60 Å². The van der Waals surface area contributed by atoms with Gasteiger partial charge in [-0.2, -0.15) is 0 Å². The van der Waals surface area contributed by atoms with Gasteiger partial charge in [0.15, 0.2) is 0 Å². The van der Waals surface area contributed by atoms with Crippen LogP contribution in [-0.2, 0) is 11.8 Å². The Hall–Kier alpha value is -2.90. The number of hydrogen-bond donors (Lipinski definition) is 1. The van der Waals surface area contributed by atoms with Gasteiger partial charge in [0.25, 0.3) is 0 Å². The van der Waals surface area contributed by atoms with Crippen LogP contribution in [0.4, 0.5) is 0 Å². The maximum atomic E-state index is 10.2. The zero-order chi connectivity index (χ0) is 27.1. The molecule has 0 aromatic heterocycles. The fraction of sp³-hybridized carbons (Fsp3) is 0.405. The molecule has 0 bridgehead atoms. The Morgan fingerprint density at radius 1 is 0.737 bits per heavy atom. The number of hydrogen-bond acceptors (Lipinski definition) is 1. The van der Waals surface area contributed by atoms with Crippen LogP contribution in [0.25, 0.3) is 21.9 Å². The van der Waals surface area contributed by atoms with Gasteiger partial charge in [-0.25, -0.2) is 0 Å². The summed E-state index contributed by atoms with van der Waals surface area (Å²) in [5, 5.41) is 12.9. The summed E-state index contributed by atoms with van der Waals surface area (Å²) in [5.74, 6) is 0.443. The van der Waals surface area contributed by atoms with E-state index < -0.39 is 5.60 Å². The van der Waals surface area contributed by atoms with Crippen molar-refractivity contribution >= 4 is 10.8 Å². The van der Waals surface area contributed by atoms with Crippen molar-refractivity contribution in [1.29, 1.82) is 0 Å². The third-order valence-corrected chi connectivity index (χ3v) is 8.72. The van der Waals surface area contributed by atoms with Crippen LogP contribution in [0.2, 0.25) is 0 Å². The van der Waals surface area contributed by atoms with Gasteiger partial charge in [-0.3, -0.25) is 0 Å². The third kappa shape index (κ3) is 4.94. The molecule has 198 valence electrons. The Kier molecular flexibility index (Phi) is 7.03. The molecule has 0 aliphatic heterocycles. The Labute approximate surface area is 229 Å². The van der Waals surface area contributed by atoms with Crippen molar-refractivity contribution in [3.63, 3.8) is 0 Å². The van der Waals surface area contributed by atoms with Crippen LogP contribution in [0, 0.1) is 11.3 Å². The molecule has 0 saturated heterocycles. The number of aliphatic hydroxyl groups is 1. The molecule has 1 N–H and O–H groups in total. The molecule has 1 aliphatic rings. The topological polar surface area (TPSA) is 20.2 Å². The lowest BCUT2D eigenvalue weighted by molar-refractivity contribution is 0.0689. The van der Waals surface area contributed by atoms with Crippen LogP contribution in [0.15, 0.2) is 84.9 Å². The minimum atomic E-state index is -0.615. The summed E-state index contributed by atoms with van der Waals surface area (Å²) in [6.07, 6.45) is 5.14. The first-order valence-corrected chi connectivity index (χ1v) is 14.4. The Morgan fingerprint density at radius 3 is 1.97 bits per heavy atom. The monoisotopic (exact) mass is 504 g/mol. The van der Waals surface area contributed by atoms with E-state index >= 15 is 0 Å². The van der Waals surface area contributed by atoms with Gasteiger partial charge in [0, 0.05) is 5.41 Å². The average Bonchev–Trinajstić information content (AvgIpc) is 3.17. The summed E-state index contributed by atoms with van der Waals surface area (Å²) >= 11 is 0. The van der Waals surface area contributed by atoms with E-state index in [-0.39, 0.29) is 5.41 Å². The molecule has 0 fully saturated rings. The van der Waals surface area contributed by atoms with Crippen LogP contribution in [0.3, 0.4) is 0 Å². The lowest BCUT2D eigenvalue weighted by atomic mass is 9.62. The quantitative estimate of drug-likeness (QED) is 0.253. The highest BCUT2D eigenvalue weighted by Crippen LogP contribution is 2.57. The van der Waals surface area contributed by atoms with Crippen molar-refractivity contribution in [3.8, 4) is 11.1 Å². The third-order valence-electron chi connectivity index (χ3n) is 8.72. The van der Waals surface area contributed by atoms with Crippen molar-refractivity contribution in [2.24, 2.45) is 11.3 Å². The van der Waals surface area contributed by atoms with Gasteiger partial charge in [0.2, 0.25) is 0 Å². The molecule has 0 amide bonds. The van der Waals surface area contributed by atoms with Gasteiger partial charge in [-0.15, -0.1) is 0 Å². The van der Waals surface area contributed by atoms with E-state index in [4.69, 9.17) is 0 Å². The summed E-state index contributed by atoms with van der Waals surface area (Å²) in [6.45, 7) is 13.4. The molecule has 4 aromatic carbocycles. The first-order chi connectivity index (χ1) is 18.0. The zero-order valence-electron chi connectivity index (χ0n) is 24.1. The highest BCUT2D eigenvalue weighted by atomic mass is 16.3. The number of benzene rings is 4. The smallest absolute Gasteiger partial charge is 0.0591 e. The van der Waals surface area contributed by atoms with Crippen LogP contribution in [0.1, 0.15) is 89.5 Å². The average molecular weight is 505 g/mol. The van der Waals surface area contributed by atoms with E-state index in [2.05, 4.69) is 113 Å². The maximum Gasteiger partial charge on any atom is 0.0591 e. The van der Waals surface area contributed by atoms with E-state index in [1.165, 1.54) is 57.0 Å². The molecule has 1 nitrogen and oxygen atoms in total. The van der Waals surface area contributed by atoms with Crippen molar-refractivity contribution in [3.05, 3.63) is 107 Å². The molecule has 0 spiro atoms. The summed E-state index contributed by atoms with van der Waals surface area (Å²) in [4.78, 5) is 0. The molecular weight excluding hydrogens is 460 g/mol. The van der Waals surface area contributed by atoms with Gasteiger partial charge in [-0.1, -0.05) is 107 Å². The van der Waals surface area contributed by atoms with E-state index in [1.807, 2.05) is 13.8 Å². The van der Waals surface area contributed by atoms with Gasteiger partial charge < -0.3 is 5.11 Å². The Bertz CT molecular complexity index is 1380. The predicted molar refractivity (Wildman–Crippen MR) is 163 cm³/mol. The van der Waals surface area contributed by atoms with E-state index in [0.717, 1.165) is 19.3 Å². The number of fused-ring (bicyclic) bond motifs is 4. The van der Waals surface area contributed by atoms with E-state index in [1.54, 1.807) is 0 Å². The van der Waals surface area contributed by atoms with Gasteiger partial charge in [0.1, 0.15) is 0 Å². The molecule has 1 unspecified atom stereocenters. The molecule has 1 heteroatoms. The molecule has 38 heavy (non-hydrogen) atoms. The highest BCUT2D eigenvalue weighted by Gasteiger charge is 2.48. The van der Waals surface area contributed by atoms with Crippen LogP contribution < -0.4 is 0 Å². The number of rotatable bonds is 8. The Balaban J connectivity index is 1.66. The summed E-state index contributed by atoms with van der Waals surface area (Å²) in [6, 6.07) is 32.2. The van der Waals surface area contributed by atoms with Gasteiger partial charge >= 0.3 is 0 Å². The molecular formula is C37H44O. The second-order valence-corrected chi connectivity index (χ2v) is 13.4. The number of aryl methyl sites for hydroxylation is 1. The standard InChI is InChI=1S/C37H44O/c1-26(22-24-35(2,3)4)37(33-18-9-7-16-31(33)32-17-8-10-19-34(32)37)29-20-21-30-27(13-11-14-28(30)25-29)15-12-23-36(5,6)38/h7-11,13-14,16-21,25-26,38H,12,15,22-24H2,1-6H3.